The van der Waals surface area contributed by atoms with Crippen molar-refractivity contribution in [3.63, 3.8) is 0 Å². The number of carbonyl (C=O) groups is 2. The standard InChI is InChI=1S/C17H20N2O5S2/c20-16(14-11-3-4-12(10-11)15(14)17(21)22)18-5-7-19(8-6-18)26(23,24)13-2-1-9-25-13/h1-4,9,11-12,14-15H,5-8,10H2,(H,21,22)/t11-,12-,14-,15+/m0/s1. The summed E-state index contributed by atoms with van der Waals surface area (Å²) in [5, 5.41) is 11.2. The molecule has 1 aromatic rings. The monoisotopic (exact) mass is 396 g/mol. The van der Waals surface area contributed by atoms with E-state index in [0.29, 0.717) is 17.3 Å². The van der Waals surface area contributed by atoms with Crippen molar-refractivity contribution < 1.29 is 23.1 Å². The van der Waals surface area contributed by atoms with Crippen LogP contribution in [0.4, 0.5) is 0 Å². The average molecular weight is 396 g/mol. The third-order valence-electron chi connectivity index (χ3n) is 5.67. The normalized spacial score (nSPS) is 31.5. The van der Waals surface area contributed by atoms with Crippen molar-refractivity contribution in [3.8, 4) is 0 Å². The van der Waals surface area contributed by atoms with E-state index >= 15 is 0 Å². The first kappa shape index (κ1) is 17.7. The minimum atomic E-state index is -3.51. The van der Waals surface area contributed by atoms with Gasteiger partial charge in [-0.2, -0.15) is 4.31 Å². The van der Waals surface area contributed by atoms with Gasteiger partial charge in [-0.05, 0) is 29.7 Å². The second-order valence-corrected chi connectivity index (χ2v) is 10.1. The number of hydrogen-bond acceptors (Lipinski definition) is 5. The number of nitrogens with zero attached hydrogens (tertiary/aromatic N) is 2. The molecule has 1 aromatic heterocycles. The maximum atomic E-state index is 13.0. The number of rotatable bonds is 4. The summed E-state index contributed by atoms with van der Waals surface area (Å²) < 4.78 is 26.9. The number of thiophene rings is 1. The van der Waals surface area contributed by atoms with Gasteiger partial charge < -0.3 is 10.0 Å². The van der Waals surface area contributed by atoms with Crippen molar-refractivity contribution in [1.29, 1.82) is 0 Å². The Morgan fingerprint density at radius 2 is 1.73 bits per heavy atom. The summed E-state index contributed by atoms with van der Waals surface area (Å²) in [5.74, 6) is -2.33. The van der Waals surface area contributed by atoms with E-state index in [4.69, 9.17) is 0 Å². The molecule has 4 rings (SSSR count). The lowest BCUT2D eigenvalue weighted by Gasteiger charge is -2.37. The summed E-state index contributed by atoms with van der Waals surface area (Å²) in [7, 11) is -3.51. The minimum Gasteiger partial charge on any atom is -0.481 e. The molecule has 0 aromatic carbocycles. The van der Waals surface area contributed by atoms with E-state index in [9.17, 15) is 23.1 Å². The maximum absolute atomic E-state index is 13.0. The maximum Gasteiger partial charge on any atom is 0.307 e. The van der Waals surface area contributed by atoms with Gasteiger partial charge in [0.15, 0.2) is 0 Å². The molecule has 26 heavy (non-hydrogen) atoms. The molecule has 4 atom stereocenters. The number of sulfonamides is 1. The zero-order chi connectivity index (χ0) is 18.5. The number of piperazine rings is 1. The third-order valence-corrected chi connectivity index (χ3v) is 8.94. The topological polar surface area (TPSA) is 95.0 Å². The van der Waals surface area contributed by atoms with Gasteiger partial charge in [0.2, 0.25) is 5.91 Å². The fourth-order valence-electron chi connectivity index (χ4n) is 4.39. The first-order chi connectivity index (χ1) is 12.4. The van der Waals surface area contributed by atoms with Gasteiger partial charge in [-0.15, -0.1) is 11.3 Å². The van der Waals surface area contributed by atoms with Crippen LogP contribution in [0.5, 0.6) is 0 Å². The Morgan fingerprint density at radius 1 is 1.08 bits per heavy atom. The second-order valence-electron chi connectivity index (χ2n) is 7.00. The molecule has 7 nitrogen and oxygen atoms in total. The van der Waals surface area contributed by atoms with Crippen LogP contribution >= 0.6 is 11.3 Å². The molecule has 2 fully saturated rings. The van der Waals surface area contributed by atoms with Gasteiger partial charge in [0.05, 0.1) is 11.8 Å². The van der Waals surface area contributed by atoms with Crippen LogP contribution in [0.1, 0.15) is 6.42 Å². The Kier molecular flexibility index (Phi) is 4.40. The van der Waals surface area contributed by atoms with Crippen LogP contribution in [0.3, 0.4) is 0 Å². The number of allylic oxidation sites excluding steroid dienone is 2. The van der Waals surface area contributed by atoms with E-state index in [0.717, 1.165) is 6.42 Å². The van der Waals surface area contributed by atoms with Gasteiger partial charge in [-0.25, -0.2) is 8.42 Å². The molecule has 1 saturated heterocycles. The smallest absolute Gasteiger partial charge is 0.307 e. The molecule has 1 N–H and O–H groups in total. The Morgan fingerprint density at radius 3 is 2.31 bits per heavy atom. The first-order valence-corrected chi connectivity index (χ1v) is 10.9. The van der Waals surface area contributed by atoms with Crippen LogP contribution in [0.2, 0.25) is 0 Å². The molecule has 140 valence electrons. The van der Waals surface area contributed by atoms with Gasteiger partial charge >= 0.3 is 5.97 Å². The predicted octanol–water partition coefficient (Wildman–Crippen LogP) is 1.10. The fourth-order valence-corrected chi connectivity index (χ4v) is 6.96. The minimum absolute atomic E-state index is 0.0125. The highest BCUT2D eigenvalue weighted by molar-refractivity contribution is 7.91. The summed E-state index contributed by atoms with van der Waals surface area (Å²) in [5.41, 5.74) is 0. The van der Waals surface area contributed by atoms with E-state index in [1.807, 2.05) is 12.2 Å². The first-order valence-electron chi connectivity index (χ1n) is 8.63. The van der Waals surface area contributed by atoms with Crippen LogP contribution in [-0.2, 0) is 19.6 Å². The van der Waals surface area contributed by atoms with Gasteiger partial charge in [-0.1, -0.05) is 18.2 Å². The molecule has 0 radical (unpaired) electrons. The lowest BCUT2D eigenvalue weighted by atomic mass is 9.82. The van der Waals surface area contributed by atoms with E-state index in [2.05, 4.69) is 0 Å². The number of hydrogen-bond donors (Lipinski definition) is 1. The Balaban J connectivity index is 1.44. The van der Waals surface area contributed by atoms with E-state index in [1.54, 1.807) is 22.4 Å². The average Bonchev–Trinajstić information content (AvgIpc) is 3.37. The van der Waals surface area contributed by atoms with Gasteiger partial charge in [0.25, 0.3) is 10.0 Å². The fraction of sp³-hybridized carbons (Fsp3) is 0.529. The molecule has 3 aliphatic rings. The molecule has 2 bridgehead atoms. The zero-order valence-corrected chi connectivity index (χ0v) is 15.7. The zero-order valence-electron chi connectivity index (χ0n) is 14.0. The highest BCUT2D eigenvalue weighted by atomic mass is 32.2. The molecule has 1 amide bonds. The molecule has 2 aliphatic carbocycles. The van der Waals surface area contributed by atoms with Crippen LogP contribution < -0.4 is 0 Å². The largest absolute Gasteiger partial charge is 0.481 e. The molecule has 2 heterocycles. The lowest BCUT2D eigenvalue weighted by Crippen LogP contribution is -2.53. The third kappa shape index (κ3) is 2.78. The number of carbonyl (C=O) groups excluding carboxylic acids is 1. The molecular formula is C17H20N2O5S2. The highest BCUT2D eigenvalue weighted by Crippen LogP contribution is 2.48. The Bertz CT molecular complexity index is 841. The quantitative estimate of drug-likeness (QED) is 0.769. The summed E-state index contributed by atoms with van der Waals surface area (Å²) in [6.07, 6.45) is 4.60. The summed E-state index contributed by atoms with van der Waals surface area (Å²) in [6.45, 7) is 1.07. The Hall–Kier alpha value is -1.71. The molecule has 9 heteroatoms. The predicted molar refractivity (Wildman–Crippen MR) is 95.0 cm³/mol. The molecular weight excluding hydrogens is 376 g/mol. The number of fused-ring (bicyclic) bond motifs is 2. The molecule has 0 unspecified atom stereocenters. The molecule has 1 aliphatic heterocycles. The van der Waals surface area contributed by atoms with Crippen LogP contribution in [0, 0.1) is 23.7 Å². The Labute approximate surface area is 156 Å². The highest BCUT2D eigenvalue weighted by Gasteiger charge is 2.52. The van der Waals surface area contributed by atoms with E-state index in [-0.39, 0.29) is 30.8 Å². The van der Waals surface area contributed by atoms with Crippen LogP contribution in [0.25, 0.3) is 0 Å². The summed E-state index contributed by atoms with van der Waals surface area (Å²) >= 11 is 1.18. The SMILES string of the molecule is O=C(O)[C@H]1[C@@H](C(=O)N2CCN(S(=O)(=O)c3cccs3)CC2)[C@H]2C=C[C@H]1C2. The summed E-state index contributed by atoms with van der Waals surface area (Å²) in [4.78, 5) is 26.2. The number of carboxylic acids is 1. The van der Waals surface area contributed by atoms with Crippen molar-refractivity contribution in [2.75, 3.05) is 26.2 Å². The van der Waals surface area contributed by atoms with Gasteiger partial charge in [-0.3, -0.25) is 9.59 Å². The summed E-state index contributed by atoms with van der Waals surface area (Å²) in [6, 6.07) is 3.28. The van der Waals surface area contributed by atoms with Crippen molar-refractivity contribution >= 4 is 33.2 Å². The van der Waals surface area contributed by atoms with Crippen LogP contribution in [-0.4, -0.2) is 60.8 Å². The van der Waals surface area contributed by atoms with Crippen molar-refractivity contribution in [3.05, 3.63) is 29.7 Å². The number of aliphatic carboxylic acids is 1. The molecule has 0 spiro atoms. The second kappa shape index (κ2) is 6.47. The van der Waals surface area contributed by atoms with Crippen molar-refractivity contribution in [2.45, 2.75) is 10.6 Å². The lowest BCUT2D eigenvalue weighted by molar-refractivity contribution is -0.151. The van der Waals surface area contributed by atoms with Crippen molar-refractivity contribution in [2.24, 2.45) is 23.7 Å². The van der Waals surface area contributed by atoms with Gasteiger partial charge in [0.1, 0.15) is 4.21 Å². The molecule has 1 saturated carbocycles. The van der Waals surface area contributed by atoms with E-state index < -0.39 is 27.8 Å². The van der Waals surface area contributed by atoms with Gasteiger partial charge in [0, 0.05) is 26.2 Å². The van der Waals surface area contributed by atoms with E-state index in [1.165, 1.54) is 15.6 Å². The van der Waals surface area contributed by atoms with Crippen molar-refractivity contribution in [1.82, 2.24) is 9.21 Å². The van der Waals surface area contributed by atoms with Crippen LogP contribution in [0.15, 0.2) is 33.9 Å². The number of carboxylic acid groups (broad SMARTS) is 1. The number of amides is 1.